The minimum absolute atomic E-state index is 0.247. The van der Waals surface area contributed by atoms with Gasteiger partial charge in [-0.2, -0.15) is 0 Å². The number of hydrogen-bond donors (Lipinski definition) is 2. The smallest absolute Gasteiger partial charge is 0.105 e. The maximum atomic E-state index is 7.26. The Morgan fingerprint density at radius 3 is 2.62 bits per heavy atom. The normalized spacial score (nSPS) is 16.9. The second-order valence-electron chi connectivity index (χ2n) is 4.11. The van der Waals surface area contributed by atoms with Gasteiger partial charge in [-0.1, -0.05) is 36.4 Å². The number of nitrogens with two attached hydrogens (primary N) is 1. The summed E-state index contributed by atoms with van der Waals surface area (Å²) in [5.74, 6) is 0.247. The average Bonchev–Trinajstić information content (AvgIpc) is 2.30. The number of hydrogen-bond acceptors (Lipinski definition) is 2. The van der Waals surface area contributed by atoms with Crippen LogP contribution in [-0.2, 0) is 0 Å². The van der Waals surface area contributed by atoms with Crippen molar-refractivity contribution < 1.29 is 0 Å². The Labute approximate surface area is 96.1 Å². The molecule has 1 aliphatic rings. The third kappa shape index (κ3) is 2.70. The van der Waals surface area contributed by atoms with E-state index >= 15 is 0 Å². The zero-order valence-electron chi connectivity index (χ0n) is 9.32. The molecule has 3 N–H and O–H groups in total. The van der Waals surface area contributed by atoms with E-state index in [1.54, 1.807) is 0 Å². The maximum Gasteiger partial charge on any atom is 0.105 e. The molecule has 2 rings (SSSR count). The number of benzene rings is 1. The van der Waals surface area contributed by atoms with Gasteiger partial charge in [-0.25, -0.2) is 0 Å². The van der Waals surface area contributed by atoms with Crippen LogP contribution in [0.1, 0.15) is 12.0 Å². The molecule has 0 fully saturated rings. The maximum absolute atomic E-state index is 7.26. The standard InChI is InChI=1S/C13H17N3/c14-13(15)10-16-8-6-12(7-9-16)11-4-2-1-3-5-11/h1-6H,7-10H2,(H3,14,15). The second kappa shape index (κ2) is 4.94. The second-order valence-corrected chi connectivity index (χ2v) is 4.11. The molecule has 0 amide bonds. The monoisotopic (exact) mass is 215 g/mol. The molecular weight excluding hydrogens is 198 g/mol. The number of nitrogens with one attached hydrogen (secondary N) is 1. The zero-order chi connectivity index (χ0) is 11.4. The van der Waals surface area contributed by atoms with Crippen LogP contribution in [0.3, 0.4) is 0 Å². The molecule has 3 heteroatoms. The van der Waals surface area contributed by atoms with E-state index in [4.69, 9.17) is 11.1 Å². The van der Waals surface area contributed by atoms with Gasteiger partial charge < -0.3 is 5.73 Å². The van der Waals surface area contributed by atoms with Crippen molar-refractivity contribution in [1.29, 1.82) is 5.41 Å². The van der Waals surface area contributed by atoms with E-state index in [0.29, 0.717) is 6.54 Å². The molecule has 0 spiro atoms. The van der Waals surface area contributed by atoms with Crippen LogP contribution in [0.5, 0.6) is 0 Å². The highest BCUT2D eigenvalue weighted by molar-refractivity contribution is 5.79. The summed E-state index contributed by atoms with van der Waals surface area (Å²) < 4.78 is 0. The van der Waals surface area contributed by atoms with Crippen molar-refractivity contribution in [2.24, 2.45) is 5.73 Å². The molecule has 1 aromatic carbocycles. The Morgan fingerprint density at radius 1 is 1.31 bits per heavy atom. The summed E-state index contributed by atoms with van der Waals surface area (Å²) in [5, 5.41) is 7.26. The lowest BCUT2D eigenvalue weighted by Gasteiger charge is -2.25. The Bertz CT molecular complexity index is 395. The van der Waals surface area contributed by atoms with E-state index in [1.165, 1.54) is 11.1 Å². The third-order valence-electron chi connectivity index (χ3n) is 2.83. The summed E-state index contributed by atoms with van der Waals surface area (Å²) in [6, 6.07) is 10.5. The minimum Gasteiger partial charge on any atom is -0.387 e. The van der Waals surface area contributed by atoms with E-state index < -0.39 is 0 Å². The Hall–Kier alpha value is -1.61. The van der Waals surface area contributed by atoms with Gasteiger partial charge in [0.05, 0.1) is 6.54 Å². The highest BCUT2D eigenvalue weighted by atomic mass is 15.1. The van der Waals surface area contributed by atoms with Crippen LogP contribution < -0.4 is 5.73 Å². The molecular formula is C13H17N3. The first-order valence-corrected chi connectivity index (χ1v) is 5.55. The SMILES string of the molecule is N=C(N)CN1CC=C(c2ccccc2)CC1. The lowest BCUT2D eigenvalue weighted by molar-refractivity contribution is 0.343. The summed E-state index contributed by atoms with van der Waals surface area (Å²) in [6.07, 6.45) is 3.28. The van der Waals surface area contributed by atoms with Crippen molar-refractivity contribution in [1.82, 2.24) is 4.90 Å². The minimum atomic E-state index is 0.247. The molecule has 1 aliphatic heterocycles. The van der Waals surface area contributed by atoms with Crippen LogP contribution in [0, 0.1) is 5.41 Å². The van der Waals surface area contributed by atoms with Gasteiger partial charge in [-0.15, -0.1) is 0 Å². The quantitative estimate of drug-likeness (QED) is 0.595. The first-order valence-electron chi connectivity index (χ1n) is 5.55. The first-order chi connectivity index (χ1) is 7.75. The first kappa shape index (κ1) is 10.9. The van der Waals surface area contributed by atoms with Crippen LogP contribution in [-0.4, -0.2) is 30.4 Å². The summed E-state index contributed by atoms with van der Waals surface area (Å²) in [4.78, 5) is 2.19. The van der Waals surface area contributed by atoms with Gasteiger partial charge in [-0.05, 0) is 17.6 Å². The topological polar surface area (TPSA) is 53.1 Å². The van der Waals surface area contributed by atoms with Crippen molar-refractivity contribution in [2.75, 3.05) is 19.6 Å². The van der Waals surface area contributed by atoms with Gasteiger partial charge in [-0.3, -0.25) is 10.3 Å². The van der Waals surface area contributed by atoms with Crippen molar-refractivity contribution in [3.63, 3.8) is 0 Å². The average molecular weight is 215 g/mol. The van der Waals surface area contributed by atoms with Gasteiger partial charge >= 0.3 is 0 Å². The highest BCUT2D eigenvalue weighted by Crippen LogP contribution is 2.21. The van der Waals surface area contributed by atoms with Crippen LogP contribution >= 0.6 is 0 Å². The van der Waals surface area contributed by atoms with E-state index in [9.17, 15) is 0 Å². The molecule has 0 unspecified atom stereocenters. The van der Waals surface area contributed by atoms with Crippen molar-refractivity contribution in [3.8, 4) is 0 Å². The van der Waals surface area contributed by atoms with E-state index in [-0.39, 0.29) is 5.84 Å². The van der Waals surface area contributed by atoms with Gasteiger partial charge in [0.15, 0.2) is 0 Å². The Balaban J connectivity index is 2.01. The molecule has 0 atom stereocenters. The Kier molecular flexibility index (Phi) is 3.37. The van der Waals surface area contributed by atoms with Crippen LogP contribution in [0.25, 0.3) is 5.57 Å². The van der Waals surface area contributed by atoms with Gasteiger partial charge in [0.1, 0.15) is 5.84 Å². The predicted molar refractivity (Wildman–Crippen MR) is 67.4 cm³/mol. The summed E-state index contributed by atoms with van der Waals surface area (Å²) in [6.45, 7) is 2.46. The summed E-state index contributed by atoms with van der Waals surface area (Å²) >= 11 is 0. The van der Waals surface area contributed by atoms with Gasteiger partial charge in [0.2, 0.25) is 0 Å². The Morgan fingerprint density at radius 2 is 2.06 bits per heavy atom. The zero-order valence-corrected chi connectivity index (χ0v) is 9.32. The van der Waals surface area contributed by atoms with Crippen LogP contribution in [0.2, 0.25) is 0 Å². The van der Waals surface area contributed by atoms with Gasteiger partial charge in [0, 0.05) is 13.1 Å². The highest BCUT2D eigenvalue weighted by Gasteiger charge is 2.12. The molecule has 16 heavy (non-hydrogen) atoms. The molecule has 0 aromatic heterocycles. The fraction of sp³-hybridized carbons (Fsp3) is 0.308. The lowest BCUT2D eigenvalue weighted by Crippen LogP contribution is -2.36. The number of nitrogens with zero attached hydrogens (tertiary/aromatic N) is 1. The van der Waals surface area contributed by atoms with Gasteiger partial charge in [0.25, 0.3) is 0 Å². The largest absolute Gasteiger partial charge is 0.387 e. The third-order valence-corrected chi connectivity index (χ3v) is 2.83. The molecule has 84 valence electrons. The van der Waals surface area contributed by atoms with Crippen LogP contribution in [0.15, 0.2) is 36.4 Å². The molecule has 0 radical (unpaired) electrons. The van der Waals surface area contributed by atoms with Crippen molar-refractivity contribution >= 4 is 11.4 Å². The molecule has 3 nitrogen and oxygen atoms in total. The number of amidine groups is 1. The fourth-order valence-electron chi connectivity index (χ4n) is 2.01. The molecule has 0 aliphatic carbocycles. The molecule has 1 heterocycles. The lowest BCUT2D eigenvalue weighted by atomic mass is 10.00. The van der Waals surface area contributed by atoms with Crippen LogP contribution in [0.4, 0.5) is 0 Å². The molecule has 0 bridgehead atoms. The van der Waals surface area contributed by atoms with Crippen molar-refractivity contribution in [2.45, 2.75) is 6.42 Å². The molecule has 0 saturated heterocycles. The fourth-order valence-corrected chi connectivity index (χ4v) is 2.01. The molecule has 0 saturated carbocycles. The summed E-state index contributed by atoms with van der Waals surface area (Å²) in [5.41, 5.74) is 8.10. The van der Waals surface area contributed by atoms with E-state index in [2.05, 4.69) is 35.2 Å². The number of rotatable bonds is 3. The van der Waals surface area contributed by atoms with E-state index in [1.807, 2.05) is 6.07 Å². The van der Waals surface area contributed by atoms with E-state index in [0.717, 1.165) is 19.5 Å². The summed E-state index contributed by atoms with van der Waals surface area (Å²) in [7, 11) is 0. The predicted octanol–water partition coefficient (Wildman–Crippen LogP) is 1.71. The molecule has 1 aromatic rings. The van der Waals surface area contributed by atoms with Crippen molar-refractivity contribution in [3.05, 3.63) is 42.0 Å².